The summed E-state index contributed by atoms with van der Waals surface area (Å²) in [6.45, 7) is 7.99. The van der Waals surface area contributed by atoms with E-state index < -0.39 is 0 Å². The van der Waals surface area contributed by atoms with Gasteiger partial charge in [-0.15, -0.1) is 0 Å². The fourth-order valence-corrected chi connectivity index (χ4v) is 2.55. The van der Waals surface area contributed by atoms with Gasteiger partial charge in [-0.2, -0.15) is 0 Å². The molecule has 158 valence electrons. The van der Waals surface area contributed by atoms with Gasteiger partial charge in [-0.05, 0) is 45.4 Å². The standard InChI is InChI=1S/C21H29FN4O3/c1-4-23-21(26-14-16(3)29-18-8-5-7-17(22)13-18)25-11-6-10-24-20(27)19-15(2)9-12-28-19/h5,7-9,12-13,16H,4,6,10-11,14H2,1-3H3,(H,24,27)(H2,23,25,26). The van der Waals surface area contributed by atoms with Crippen LogP contribution >= 0.6 is 0 Å². The van der Waals surface area contributed by atoms with Crippen LogP contribution in [-0.2, 0) is 0 Å². The highest BCUT2D eigenvalue weighted by Crippen LogP contribution is 2.13. The summed E-state index contributed by atoms with van der Waals surface area (Å²) in [6.07, 6.45) is 2.03. The number of nitrogens with one attached hydrogen (secondary N) is 3. The smallest absolute Gasteiger partial charge is 0.287 e. The maximum absolute atomic E-state index is 13.2. The number of ether oxygens (including phenoxy) is 1. The fourth-order valence-electron chi connectivity index (χ4n) is 2.55. The molecule has 2 rings (SSSR count). The SMILES string of the molecule is CCNC(=NCC(C)Oc1cccc(F)c1)NCCCNC(=O)c1occc1C. The topological polar surface area (TPSA) is 87.9 Å². The third kappa shape index (κ3) is 7.85. The van der Waals surface area contributed by atoms with Crippen molar-refractivity contribution in [2.45, 2.75) is 33.3 Å². The van der Waals surface area contributed by atoms with Crippen LogP contribution in [0.3, 0.4) is 0 Å². The summed E-state index contributed by atoms with van der Waals surface area (Å²) in [5.74, 6) is 0.947. The van der Waals surface area contributed by atoms with E-state index in [2.05, 4.69) is 20.9 Å². The number of carbonyl (C=O) groups excluding carboxylic acids is 1. The van der Waals surface area contributed by atoms with Gasteiger partial charge in [0.1, 0.15) is 17.7 Å². The van der Waals surface area contributed by atoms with Gasteiger partial charge in [-0.1, -0.05) is 6.07 Å². The molecule has 1 aromatic heterocycles. The highest BCUT2D eigenvalue weighted by atomic mass is 19.1. The molecule has 0 aliphatic heterocycles. The largest absolute Gasteiger partial charge is 0.489 e. The summed E-state index contributed by atoms with van der Waals surface area (Å²) >= 11 is 0. The van der Waals surface area contributed by atoms with Crippen LogP contribution in [-0.4, -0.2) is 44.1 Å². The zero-order chi connectivity index (χ0) is 21.1. The minimum absolute atomic E-state index is 0.205. The lowest BCUT2D eigenvalue weighted by molar-refractivity contribution is 0.0925. The highest BCUT2D eigenvalue weighted by Gasteiger charge is 2.11. The van der Waals surface area contributed by atoms with E-state index in [4.69, 9.17) is 9.15 Å². The van der Waals surface area contributed by atoms with Gasteiger partial charge in [0.15, 0.2) is 11.7 Å². The van der Waals surface area contributed by atoms with Gasteiger partial charge in [0.25, 0.3) is 5.91 Å². The first kappa shape index (κ1) is 22.3. The third-order valence-corrected chi connectivity index (χ3v) is 3.98. The Morgan fingerprint density at radius 2 is 2.03 bits per heavy atom. The molecule has 2 aromatic rings. The van der Waals surface area contributed by atoms with Crippen molar-refractivity contribution < 1.29 is 18.3 Å². The van der Waals surface area contributed by atoms with Crippen LogP contribution in [0.25, 0.3) is 0 Å². The molecule has 0 bridgehead atoms. The number of aliphatic imine (C=N–C) groups is 1. The number of nitrogens with zero attached hydrogens (tertiary/aromatic N) is 1. The number of furan rings is 1. The second-order valence-electron chi connectivity index (χ2n) is 6.57. The molecule has 0 saturated heterocycles. The summed E-state index contributed by atoms with van der Waals surface area (Å²) in [7, 11) is 0. The van der Waals surface area contributed by atoms with E-state index in [9.17, 15) is 9.18 Å². The van der Waals surface area contributed by atoms with Crippen LogP contribution in [0.5, 0.6) is 5.75 Å². The predicted molar refractivity (Wildman–Crippen MR) is 111 cm³/mol. The summed E-state index contributed by atoms with van der Waals surface area (Å²) in [6, 6.07) is 7.81. The molecule has 1 amide bonds. The summed E-state index contributed by atoms with van der Waals surface area (Å²) < 4.78 is 24.1. The molecule has 0 aliphatic carbocycles. The Bertz CT molecular complexity index is 807. The molecule has 29 heavy (non-hydrogen) atoms. The van der Waals surface area contributed by atoms with E-state index in [1.807, 2.05) is 20.8 Å². The first-order valence-electron chi connectivity index (χ1n) is 9.76. The molecule has 0 saturated carbocycles. The van der Waals surface area contributed by atoms with E-state index >= 15 is 0 Å². The summed E-state index contributed by atoms with van der Waals surface area (Å²) in [4.78, 5) is 16.5. The zero-order valence-electron chi connectivity index (χ0n) is 17.1. The number of hydrogen-bond acceptors (Lipinski definition) is 4. The Hall–Kier alpha value is -3.03. The number of guanidine groups is 1. The van der Waals surface area contributed by atoms with Crippen LogP contribution in [0, 0.1) is 12.7 Å². The monoisotopic (exact) mass is 404 g/mol. The Labute approximate surface area is 170 Å². The second-order valence-corrected chi connectivity index (χ2v) is 6.57. The summed E-state index contributed by atoms with van der Waals surface area (Å²) in [5, 5.41) is 9.21. The molecule has 1 atom stereocenters. The van der Waals surface area contributed by atoms with Crippen molar-refractivity contribution in [3.05, 3.63) is 53.7 Å². The molecule has 1 heterocycles. The molecular weight excluding hydrogens is 375 g/mol. The van der Waals surface area contributed by atoms with Crippen molar-refractivity contribution >= 4 is 11.9 Å². The Morgan fingerprint density at radius 3 is 2.72 bits per heavy atom. The van der Waals surface area contributed by atoms with Crippen molar-refractivity contribution in [1.29, 1.82) is 0 Å². The van der Waals surface area contributed by atoms with Crippen molar-refractivity contribution in [2.24, 2.45) is 4.99 Å². The van der Waals surface area contributed by atoms with E-state index in [0.717, 1.165) is 18.5 Å². The van der Waals surface area contributed by atoms with Gasteiger partial charge in [-0.25, -0.2) is 9.38 Å². The average Bonchev–Trinajstić information content (AvgIpc) is 3.11. The van der Waals surface area contributed by atoms with E-state index in [1.54, 1.807) is 18.2 Å². The third-order valence-electron chi connectivity index (χ3n) is 3.98. The maximum atomic E-state index is 13.2. The van der Waals surface area contributed by atoms with Crippen LogP contribution in [0.15, 0.2) is 46.0 Å². The number of halogens is 1. The number of aryl methyl sites for hydroxylation is 1. The minimum atomic E-state index is -0.331. The van der Waals surface area contributed by atoms with Crippen LogP contribution in [0.4, 0.5) is 4.39 Å². The Balaban J connectivity index is 1.71. The van der Waals surface area contributed by atoms with Crippen molar-refractivity contribution in [2.75, 3.05) is 26.2 Å². The van der Waals surface area contributed by atoms with E-state index in [-0.39, 0.29) is 17.8 Å². The molecule has 0 radical (unpaired) electrons. The first-order chi connectivity index (χ1) is 14.0. The lowest BCUT2D eigenvalue weighted by Gasteiger charge is -2.15. The van der Waals surface area contributed by atoms with E-state index in [1.165, 1.54) is 18.4 Å². The molecular formula is C21H29FN4O3. The quantitative estimate of drug-likeness (QED) is 0.322. The fraction of sp³-hybridized carbons (Fsp3) is 0.429. The highest BCUT2D eigenvalue weighted by molar-refractivity contribution is 5.92. The van der Waals surface area contributed by atoms with Gasteiger partial charge in [-0.3, -0.25) is 4.79 Å². The number of amides is 1. The second kappa shape index (κ2) is 11.7. The lowest BCUT2D eigenvalue weighted by Crippen LogP contribution is -2.39. The molecule has 7 nitrogen and oxygen atoms in total. The maximum Gasteiger partial charge on any atom is 0.287 e. The van der Waals surface area contributed by atoms with Crippen LogP contribution in [0.2, 0.25) is 0 Å². The number of hydrogen-bond donors (Lipinski definition) is 3. The van der Waals surface area contributed by atoms with Gasteiger partial charge in [0.2, 0.25) is 0 Å². The van der Waals surface area contributed by atoms with Gasteiger partial charge >= 0.3 is 0 Å². The normalized spacial score (nSPS) is 12.3. The lowest BCUT2D eigenvalue weighted by atomic mass is 10.2. The van der Waals surface area contributed by atoms with Gasteiger partial charge in [0, 0.05) is 31.3 Å². The minimum Gasteiger partial charge on any atom is -0.489 e. The zero-order valence-corrected chi connectivity index (χ0v) is 17.1. The molecule has 0 aliphatic rings. The molecule has 8 heteroatoms. The molecule has 0 spiro atoms. The van der Waals surface area contributed by atoms with Crippen LogP contribution < -0.4 is 20.7 Å². The van der Waals surface area contributed by atoms with Crippen molar-refractivity contribution in [3.63, 3.8) is 0 Å². The number of rotatable bonds is 10. The molecule has 3 N–H and O–H groups in total. The van der Waals surface area contributed by atoms with Gasteiger partial charge in [0.05, 0.1) is 12.8 Å². The van der Waals surface area contributed by atoms with Gasteiger partial charge < -0.3 is 25.1 Å². The summed E-state index contributed by atoms with van der Waals surface area (Å²) in [5.41, 5.74) is 0.816. The molecule has 1 unspecified atom stereocenters. The van der Waals surface area contributed by atoms with E-state index in [0.29, 0.717) is 37.1 Å². The first-order valence-corrected chi connectivity index (χ1v) is 9.76. The molecule has 0 fully saturated rings. The van der Waals surface area contributed by atoms with Crippen molar-refractivity contribution in [3.8, 4) is 5.75 Å². The Kier molecular flexibility index (Phi) is 9.01. The number of carbonyl (C=O) groups is 1. The van der Waals surface area contributed by atoms with Crippen molar-refractivity contribution in [1.82, 2.24) is 16.0 Å². The Morgan fingerprint density at radius 1 is 1.24 bits per heavy atom. The predicted octanol–water partition coefficient (Wildman–Crippen LogP) is 2.87. The molecule has 1 aromatic carbocycles. The average molecular weight is 404 g/mol. The van der Waals surface area contributed by atoms with Crippen LogP contribution in [0.1, 0.15) is 36.4 Å². The number of benzene rings is 1.